The monoisotopic (exact) mass is 253 g/mol. The summed E-state index contributed by atoms with van der Waals surface area (Å²) in [6.45, 7) is 2.23. The van der Waals surface area contributed by atoms with Gasteiger partial charge in [0, 0.05) is 7.05 Å². The number of aromatic nitrogens is 2. The second kappa shape index (κ2) is 5.40. The quantitative estimate of drug-likeness (QED) is 0.618. The van der Waals surface area contributed by atoms with Gasteiger partial charge in [0.1, 0.15) is 5.82 Å². The molecule has 0 bridgehead atoms. The fraction of sp³-hybridized carbons (Fsp3) is 0.200. The zero-order valence-electron chi connectivity index (χ0n) is 11.0. The molecule has 4 heteroatoms. The Balaban J connectivity index is 2.62. The molecule has 0 aliphatic heterocycles. The van der Waals surface area contributed by atoms with Gasteiger partial charge >= 0.3 is 0 Å². The molecule has 0 atom stereocenters. The molecule has 0 radical (unpaired) electrons. The molecule has 0 amide bonds. The lowest BCUT2D eigenvalue weighted by Gasteiger charge is -2.18. The lowest BCUT2D eigenvalue weighted by molar-refractivity contribution is 0.112. The molecule has 96 valence electrons. The minimum absolute atomic E-state index is 0.415. The highest BCUT2D eigenvalue weighted by atomic mass is 16.1. The molecule has 0 unspecified atom stereocenters. The third kappa shape index (κ3) is 2.36. The Labute approximate surface area is 112 Å². The number of para-hydroxylation sites is 1. The number of aldehydes is 1. The highest BCUT2D eigenvalue weighted by Crippen LogP contribution is 2.24. The van der Waals surface area contributed by atoms with Gasteiger partial charge in [-0.05, 0) is 19.1 Å². The van der Waals surface area contributed by atoms with E-state index in [4.69, 9.17) is 6.42 Å². The van der Waals surface area contributed by atoms with Gasteiger partial charge in [0.05, 0.1) is 23.5 Å². The lowest BCUT2D eigenvalue weighted by Crippen LogP contribution is -2.21. The standard InChI is InChI=1S/C15H15N3O/c1-4-10-17(3)15-14(11-19)12(2)16-18(15)13-8-6-5-7-9-13/h1,5-9,11H,10H2,2-3H3. The zero-order chi connectivity index (χ0) is 13.8. The highest BCUT2D eigenvalue weighted by molar-refractivity contribution is 5.85. The van der Waals surface area contributed by atoms with Crippen LogP contribution in [-0.2, 0) is 0 Å². The molecule has 2 rings (SSSR count). The topological polar surface area (TPSA) is 38.1 Å². The van der Waals surface area contributed by atoms with Crippen molar-refractivity contribution in [3.8, 4) is 18.0 Å². The third-order valence-corrected chi connectivity index (χ3v) is 2.89. The zero-order valence-corrected chi connectivity index (χ0v) is 11.0. The van der Waals surface area contributed by atoms with E-state index < -0.39 is 0 Å². The van der Waals surface area contributed by atoms with E-state index in [1.54, 1.807) is 4.68 Å². The van der Waals surface area contributed by atoms with Crippen LogP contribution in [0.2, 0.25) is 0 Å². The number of aryl methyl sites for hydroxylation is 1. The van der Waals surface area contributed by atoms with Gasteiger partial charge in [-0.3, -0.25) is 4.79 Å². The largest absolute Gasteiger partial charge is 0.348 e. The van der Waals surface area contributed by atoms with E-state index in [9.17, 15) is 4.79 Å². The molecule has 1 heterocycles. The molecule has 19 heavy (non-hydrogen) atoms. The number of benzene rings is 1. The summed E-state index contributed by atoms with van der Waals surface area (Å²) in [5.41, 5.74) is 2.16. The fourth-order valence-electron chi connectivity index (χ4n) is 1.99. The Morgan fingerprint density at radius 2 is 2.11 bits per heavy atom. The van der Waals surface area contributed by atoms with Crippen LogP contribution in [0, 0.1) is 19.3 Å². The maximum absolute atomic E-state index is 11.3. The minimum Gasteiger partial charge on any atom is -0.348 e. The van der Waals surface area contributed by atoms with Crippen LogP contribution in [0.5, 0.6) is 0 Å². The first-order valence-corrected chi connectivity index (χ1v) is 5.94. The number of carbonyl (C=O) groups excluding carboxylic acids is 1. The van der Waals surface area contributed by atoms with Crippen molar-refractivity contribution in [1.29, 1.82) is 0 Å². The van der Waals surface area contributed by atoms with Crippen molar-refractivity contribution in [2.75, 3.05) is 18.5 Å². The van der Waals surface area contributed by atoms with Crippen LogP contribution >= 0.6 is 0 Å². The summed E-state index contributed by atoms with van der Waals surface area (Å²) < 4.78 is 1.75. The molecule has 0 spiro atoms. The van der Waals surface area contributed by atoms with Crippen LogP contribution in [-0.4, -0.2) is 29.7 Å². The molecule has 4 nitrogen and oxygen atoms in total. The smallest absolute Gasteiger partial charge is 0.155 e. The SMILES string of the molecule is C#CCN(C)c1c(C=O)c(C)nn1-c1ccccc1. The number of nitrogens with zero attached hydrogens (tertiary/aromatic N) is 3. The normalized spacial score (nSPS) is 9.95. The summed E-state index contributed by atoms with van der Waals surface area (Å²) in [5, 5.41) is 4.43. The van der Waals surface area contributed by atoms with E-state index >= 15 is 0 Å². The van der Waals surface area contributed by atoms with Gasteiger partial charge in [-0.25, -0.2) is 4.68 Å². The molecule has 1 aromatic heterocycles. The Morgan fingerprint density at radius 1 is 1.42 bits per heavy atom. The van der Waals surface area contributed by atoms with E-state index in [1.807, 2.05) is 49.2 Å². The van der Waals surface area contributed by atoms with Crippen molar-refractivity contribution >= 4 is 12.1 Å². The van der Waals surface area contributed by atoms with Gasteiger partial charge in [-0.15, -0.1) is 6.42 Å². The molecular formula is C15H15N3O. The Kier molecular flexibility index (Phi) is 3.67. The van der Waals surface area contributed by atoms with Crippen LogP contribution in [0.3, 0.4) is 0 Å². The maximum atomic E-state index is 11.3. The van der Waals surface area contributed by atoms with Crippen molar-refractivity contribution in [2.45, 2.75) is 6.92 Å². The number of anilines is 1. The Morgan fingerprint density at radius 3 is 2.68 bits per heavy atom. The Hall–Kier alpha value is -2.54. The fourth-order valence-corrected chi connectivity index (χ4v) is 1.99. The summed E-state index contributed by atoms with van der Waals surface area (Å²) in [4.78, 5) is 13.1. The van der Waals surface area contributed by atoms with E-state index in [0.717, 1.165) is 17.8 Å². The molecule has 0 fully saturated rings. The molecule has 1 aromatic carbocycles. The second-order valence-electron chi connectivity index (χ2n) is 4.25. The number of terminal acetylenes is 1. The maximum Gasteiger partial charge on any atom is 0.155 e. The Bertz CT molecular complexity index is 623. The predicted molar refractivity (Wildman–Crippen MR) is 75.8 cm³/mol. The average molecular weight is 253 g/mol. The first kappa shape index (κ1) is 12.9. The van der Waals surface area contributed by atoms with Crippen molar-refractivity contribution in [2.24, 2.45) is 0 Å². The molecule has 2 aromatic rings. The summed E-state index contributed by atoms with van der Waals surface area (Å²) >= 11 is 0. The molecule has 0 N–H and O–H groups in total. The average Bonchev–Trinajstić information content (AvgIpc) is 2.77. The van der Waals surface area contributed by atoms with Crippen molar-refractivity contribution in [3.05, 3.63) is 41.6 Å². The van der Waals surface area contributed by atoms with Gasteiger partial charge in [0.2, 0.25) is 0 Å². The number of carbonyl (C=O) groups is 1. The summed E-state index contributed by atoms with van der Waals surface area (Å²) in [6.07, 6.45) is 6.17. The number of rotatable bonds is 4. The molecular weight excluding hydrogens is 238 g/mol. The third-order valence-electron chi connectivity index (χ3n) is 2.89. The minimum atomic E-state index is 0.415. The summed E-state index contributed by atoms with van der Waals surface area (Å²) in [7, 11) is 1.85. The van der Waals surface area contributed by atoms with E-state index in [2.05, 4.69) is 11.0 Å². The van der Waals surface area contributed by atoms with Gasteiger partial charge < -0.3 is 4.90 Å². The van der Waals surface area contributed by atoms with Gasteiger partial charge in [-0.2, -0.15) is 5.10 Å². The first-order chi connectivity index (χ1) is 9.19. The second-order valence-corrected chi connectivity index (χ2v) is 4.25. The number of hydrogen-bond donors (Lipinski definition) is 0. The highest BCUT2D eigenvalue weighted by Gasteiger charge is 2.18. The molecule has 0 saturated heterocycles. The van der Waals surface area contributed by atoms with Gasteiger partial charge in [-0.1, -0.05) is 24.1 Å². The van der Waals surface area contributed by atoms with Gasteiger partial charge in [0.15, 0.2) is 6.29 Å². The van der Waals surface area contributed by atoms with Crippen molar-refractivity contribution in [3.63, 3.8) is 0 Å². The van der Waals surface area contributed by atoms with Crippen LogP contribution in [0.15, 0.2) is 30.3 Å². The van der Waals surface area contributed by atoms with Crippen LogP contribution in [0.4, 0.5) is 5.82 Å². The molecule has 0 saturated carbocycles. The van der Waals surface area contributed by atoms with E-state index in [0.29, 0.717) is 17.8 Å². The summed E-state index contributed by atoms with van der Waals surface area (Å²) in [6, 6.07) is 9.67. The van der Waals surface area contributed by atoms with Crippen molar-refractivity contribution in [1.82, 2.24) is 9.78 Å². The first-order valence-electron chi connectivity index (χ1n) is 5.94. The van der Waals surface area contributed by atoms with Crippen molar-refractivity contribution < 1.29 is 4.79 Å². The van der Waals surface area contributed by atoms with E-state index in [1.165, 1.54) is 0 Å². The van der Waals surface area contributed by atoms with Gasteiger partial charge in [0.25, 0.3) is 0 Å². The molecule has 0 aliphatic rings. The number of hydrogen-bond acceptors (Lipinski definition) is 3. The predicted octanol–water partition coefficient (Wildman–Crippen LogP) is 2.06. The van der Waals surface area contributed by atoms with Crippen LogP contribution in [0.25, 0.3) is 5.69 Å². The lowest BCUT2D eigenvalue weighted by atomic mass is 10.2. The molecule has 0 aliphatic carbocycles. The van der Waals surface area contributed by atoms with Crippen LogP contribution < -0.4 is 4.90 Å². The van der Waals surface area contributed by atoms with Crippen LogP contribution in [0.1, 0.15) is 16.1 Å². The summed E-state index contributed by atoms with van der Waals surface area (Å²) in [5.74, 6) is 3.29. The van der Waals surface area contributed by atoms with E-state index in [-0.39, 0.29) is 0 Å².